The van der Waals surface area contributed by atoms with Gasteiger partial charge in [-0.25, -0.2) is 14.5 Å². The Morgan fingerprint density at radius 2 is 2.03 bits per heavy atom. The minimum absolute atomic E-state index is 0.223. The molecule has 0 aliphatic rings. The molecule has 4 heterocycles. The molecule has 0 N–H and O–H groups in total. The summed E-state index contributed by atoms with van der Waals surface area (Å²) in [4.78, 5) is 10.2. The lowest BCUT2D eigenvalue weighted by Crippen LogP contribution is -2.19. The first kappa shape index (κ1) is 24.1. The quantitative estimate of drug-likeness (QED) is 0.200. The van der Waals surface area contributed by atoms with Crippen LogP contribution in [-0.2, 0) is 12.0 Å². The first-order valence-electron chi connectivity index (χ1n) is 11.2. The van der Waals surface area contributed by atoms with Crippen molar-refractivity contribution in [2.75, 3.05) is 14.2 Å². The SMILES string of the molecule is C=CC(=CC)C(C)(C)c1nc(COc2cc(OC)cc3oc(-c4cn5nc(OC)sc5n4)cc23)cs1. The highest BCUT2D eigenvalue weighted by Gasteiger charge is 2.27. The van der Waals surface area contributed by atoms with Crippen LogP contribution in [0.25, 0.3) is 27.4 Å². The van der Waals surface area contributed by atoms with Crippen molar-refractivity contribution in [2.24, 2.45) is 0 Å². The first-order valence-corrected chi connectivity index (χ1v) is 12.9. The molecule has 5 rings (SSSR count). The van der Waals surface area contributed by atoms with Crippen molar-refractivity contribution >= 4 is 38.6 Å². The molecule has 0 unspecified atom stereocenters. The van der Waals surface area contributed by atoms with Gasteiger partial charge in [0.25, 0.3) is 5.19 Å². The van der Waals surface area contributed by atoms with E-state index in [4.69, 9.17) is 23.6 Å². The smallest absolute Gasteiger partial charge is 0.294 e. The summed E-state index contributed by atoms with van der Waals surface area (Å²) in [7, 11) is 3.20. The molecule has 8 nitrogen and oxygen atoms in total. The van der Waals surface area contributed by atoms with Gasteiger partial charge in [-0.3, -0.25) is 0 Å². The van der Waals surface area contributed by atoms with Crippen LogP contribution >= 0.6 is 22.7 Å². The molecule has 0 amide bonds. The zero-order chi connectivity index (χ0) is 25.4. The fourth-order valence-corrected chi connectivity index (χ4v) is 5.65. The maximum absolute atomic E-state index is 6.23. The van der Waals surface area contributed by atoms with Crippen molar-refractivity contribution < 1.29 is 18.6 Å². The lowest BCUT2D eigenvalue weighted by Gasteiger charge is -2.23. The number of imidazole rings is 1. The van der Waals surface area contributed by atoms with E-state index >= 15 is 0 Å². The summed E-state index contributed by atoms with van der Waals surface area (Å²) in [6.45, 7) is 10.6. The van der Waals surface area contributed by atoms with Gasteiger partial charge in [0.2, 0.25) is 4.96 Å². The van der Waals surface area contributed by atoms with Crippen molar-refractivity contribution in [1.29, 1.82) is 0 Å². The predicted octanol–water partition coefficient (Wildman–Crippen LogP) is 6.67. The molecule has 4 aromatic heterocycles. The highest BCUT2D eigenvalue weighted by Crippen LogP contribution is 2.38. The Morgan fingerprint density at radius 3 is 2.72 bits per heavy atom. The van der Waals surface area contributed by atoms with Crippen LogP contribution in [0.5, 0.6) is 16.7 Å². The van der Waals surface area contributed by atoms with Crippen molar-refractivity contribution in [1.82, 2.24) is 19.6 Å². The molecule has 0 saturated heterocycles. The summed E-state index contributed by atoms with van der Waals surface area (Å²) in [6.07, 6.45) is 5.77. The van der Waals surface area contributed by atoms with E-state index in [1.54, 1.807) is 30.1 Å². The minimum Gasteiger partial charge on any atom is -0.496 e. The van der Waals surface area contributed by atoms with Crippen molar-refractivity contribution in [2.45, 2.75) is 32.8 Å². The Bertz CT molecular complexity index is 1560. The Kier molecular flexibility index (Phi) is 6.31. The van der Waals surface area contributed by atoms with Crippen LogP contribution < -0.4 is 14.2 Å². The third-order valence-corrected chi connectivity index (χ3v) is 8.07. The van der Waals surface area contributed by atoms with Crippen molar-refractivity contribution in [3.63, 3.8) is 0 Å². The summed E-state index contributed by atoms with van der Waals surface area (Å²) in [5.74, 6) is 1.90. The maximum atomic E-state index is 6.23. The first-order chi connectivity index (χ1) is 17.4. The van der Waals surface area contributed by atoms with Gasteiger partial charge in [-0.2, -0.15) is 0 Å². The van der Waals surface area contributed by atoms with E-state index in [0.29, 0.717) is 40.3 Å². The van der Waals surface area contributed by atoms with E-state index in [-0.39, 0.29) is 5.41 Å². The van der Waals surface area contributed by atoms with Gasteiger partial charge < -0.3 is 18.6 Å². The zero-order valence-corrected chi connectivity index (χ0v) is 22.3. The summed E-state index contributed by atoms with van der Waals surface area (Å²) >= 11 is 2.98. The predicted molar refractivity (Wildman–Crippen MR) is 143 cm³/mol. The number of allylic oxidation sites excluding steroid dienone is 3. The van der Waals surface area contributed by atoms with Gasteiger partial charge in [-0.05, 0) is 43.7 Å². The molecule has 1 aromatic carbocycles. The third kappa shape index (κ3) is 4.27. The molecule has 0 saturated carbocycles. The van der Waals surface area contributed by atoms with Crippen LogP contribution in [0.1, 0.15) is 31.5 Å². The highest BCUT2D eigenvalue weighted by atomic mass is 32.1. The van der Waals surface area contributed by atoms with E-state index < -0.39 is 0 Å². The molecular weight excluding hydrogens is 496 g/mol. The summed E-state index contributed by atoms with van der Waals surface area (Å²) in [5.41, 5.74) is 3.09. The molecule has 0 aliphatic carbocycles. The lowest BCUT2D eigenvalue weighted by atomic mass is 9.84. The van der Waals surface area contributed by atoms with Crippen LogP contribution in [0.3, 0.4) is 0 Å². The normalized spacial score (nSPS) is 12.4. The van der Waals surface area contributed by atoms with Gasteiger partial charge in [0.1, 0.15) is 34.4 Å². The van der Waals surface area contributed by atoms with E-state index in [2.05, 4.69) is 36.6 Å². The van der Waals surface area contributed by atoms with Crippen LogP contribution in [0.2, 0.25) is 0 Å². The van der Waals surface area contributed by atoms with E-state index in [1.165, 1.54) is 11.3 Å². The number of rotatable bonds is 9. The van der Waals surface area contributed by atoms with Crippen LogP contribution in [-0.4, -0.2) is 33.8 Å². The number of hydrogen-bond acceptors (Lipinski definition) is 9. The van der Waals surface area contributed by atoms with E-state index in [9.17, 15) is 0 Å². The van der Waals surface area contributed by atoms with Crippen molar-refractivity contribution in [3.8, 4) is 28.1 Å². The van der Waals surface area contributed by atoms with Crippen molar-refractivity contribution in [3.05, 3.63) is 64.8 Å². The van der Waals surface area contributed by atoms with Crippen LogP contribution in [0, 0.1) is 0 Å². The molecule has 0 atom stereocenters. The summed E-state index contributed by atoms with van der Waals surface area (Å²) < 4.78 is 24.7. The van der Waals surface area contributed by atoms with Gasteiger partial charge in [-0.15, -0.1) is 16.4 Å². The molecule has 0 aliphatic heterocycles. The molecule has 186 valence electrons. The monoisotopic (exact) mass is 522 g/mol. The zero-order valence-electron chi connectivity index (χ0n) is 20.7. The summed E-state index contributed by atoms with van der Waals surface area (Å²) in [5, 5.41) is 8.75. The fraction of sp³-hybridized carbons (Fsp3) is 0.269. The number of ether oxygens (including phenoxy) is 3. The van der Waals surface area contributed by atoms with Crippen LogP contribution in [0.4, 0.5) is 0 Å². The number of fused-ring (bicyclic) bond motifs is 2. The molecule has 0 fully saturated rings. The molecule has 36 heavy (non-hydrogen) atoms. The second-order valence-electron chi connectivity index (χ2n) is 8.58. The second-order valence-corrected chi connectivity index (χ2v) is 10.4. The van der Waals surface area contributed by atoms with Gasteiger partial charge in [0.15, 0.2) is 5.76 Å². The average molecular weight is 523 g/mol. The van der Waals surface area contributed by atoms with E-state index in [0.717, 1.165) is 26.6 Å². The number of benzene rings is 1. The number of hydrogen-bond donors (Lipinski definition) is 0. The van der Waals surface area contributed by atoms with Gasteiger partial charge in [-0.1, -0.05) is 18.7 Å². The maximum Gasteiger partial charge on any atom is 0.294 e. The number of aromatic nitrogens is 4. The molecule has 10 heteroatoms. The highest BCUT2D eigenvalue weighted by molar-refractivity contribution is 7.18. The number of nitrogens with zero attached hydrogens (tertiary/aromatic N) is 4. The molecule has 0 spiro atoms. The number of methoxy groups -OCH3 is 2. The topological polar surface area (TPSA) is 83.9 Å². The molecule has 0 radical (unpaired) electrons. The number of furan rings is 1. The Morgan fingerprint density at radius 1 is 1.19 bits per heavy atom. The molecule has 0 bridgehead atoms. The fourth-order valence-electron chi connectivity index (χ4n) is 4.00. The van der Waals surface area contributed by atoms with Gasteiger partial charge in [0, 0.05) is 22.9 Å². The molecule has 5 aromatic rings. The van der Waals surface area contributed by atoms with Crippen LogP contribution in [0.15, 0.2) is 58.5 Å². The average Bonchev–Trinajstić information content (AvgIpc) is 3.65. The largest absolute Gasteiger partial charge is 0.496 e. The molecular formula is C26H26N4O4S2. The Hall–Kier alpha value is -3.63. The number of thiazole rings is 1. The summed E-state index contributed by atoms with van der Waals surface area (Å²) in [6, 6.07) is 5.61. The van der Waals surface area contributed by atoms with Gasteiger partial charge in [0.05, 0.1) is 31.5 Å². The lowest BCUT2D eigenvalue weighted by molar-refractivity contribution is 0.303. The Labute approximate surface area is 216 Å². The minimum atomic E-state index is -0.223. The third-order valence-electron chi connectivity index (χ3n) is 5.97. The van der Waals surface area contributed by atoms with E-state index in [1.807, 2.05) is 42.8 Å². The standard InChI is InChI=1S/C26H26N4O4S2/c1-7-15(8-2)26(3,4)23-27-16(14-35-23)13-33-20-9-17(31-5)10-21-18(20)11-22(34-21)19-12-30-24(28-19)36-25(29-30)32-6/h7-12,14H,1,13H2,2-6H3. The second kappa shape index (κ2) is 9.44. The van der Waals surface area contributed by atoms with Gasteiger partial charge >= 0.3 is 0 Å². The Balaban J connectivity index is 1.43.